The molecule has 2 aromatic carbocycles. The van der Waals surface area contributed by atoms with Crippen molar-refractivity contribution in [2.24, 2.45) is 5.92 Å². The first-order valence-electron chi connectivity index (χ1n) is 9.81. The Bertz CT molecular complexity index is 908. The van der Waals surface area contributed by atoms with Gasteiger partial charge in [-0.2, -0.15) is 0 Å². The highest BCUT2D eigenvalue weighted by molar-refractivity contribution is 7.43. The van der Waals surface area contributed by atoms with Gasteiger partial charge in [0.25, 0.3) is 5.91 Å². The number of hydrogen-bond acceptors (Lipinski definition) is 6. The zero-order valence-electron chi connectivity index (χ0n) is 16.3. The SMILES string of the molecule is O=C(NCc1ccc(OCC2CCCCC2)c(Cl)c1)c1ccc(OP(=O)([O-])[O-])cc1. The van der Waals surface area contributed by atoms with Crippen molar-refractivity contribution in [1.29, 1.82) is 0 Å². The highest BCUT2D eigenvalue weighted by atomic mass is 35.5. The molecule has 0 heterocycles. The van der Waals surface area contributed by atoms with E-state index in [4.69, 9.17) is 16.3 Å². The standard InChI is InChI=1S/C21H25ClNO6P/c22-19-12-16(6-11-20(19)28-14-15-4-2-1-3-5-15)13-23-21(24)17-7-9-18(10-8-17)29-30(25,26)27/h6-12,15H,1-5,13-14H2,(H,23,24)(H2,25,26,27)/p-2. The van der Waals surface area contributed by atoms with Crippen molar-refractivity contribution in [2.45, 2.75) is 38.6 Å². The van der Waals surface area contributed by atoms with E-state index >= 15 is 0 Å². The number of nitrogens with one attached hydrogen (secondary N) is 1. The van der Waals surface area contributed by atoms with E-state index in [1.54, 1.807) is 6.07 Å². The van der Waals surface area contributed by atoms with Gasteiger partial charge in [-0.3, -0.25) is 4.79 Å². The number of halogens is 1. The fraction of sp³-hybridized carbons (Fsp3) is 0.381. The van der Waals surface area contributed by atoms with Gasteiger partial charge in [0.1, 0.15) is 19.3 Å². The third-order valence-electron chi connectivity index (χ3n) is 4.98. The predicted molar refractivity (Wildman–Crippen MR) is 109 cm³/mol. The van der Waals surface area contributed by atoms with Crippen molar-refractivity contribution in [3.63, 3.8) is 0 Å². The van der Waals surface area contributed by atoms with Gasteiger partial charge in [0.05, 0.1) is 11.6 Å². The van der Waals surface area contributed by atoms with Gasteiger partial charge in [0, 0.05) is 12.1 Å². The van der Waals surface area contributed by atoms with Gasteiger partial charge in [-0.1, -0.05) is 36.9 Å². The van der Waals surface area contributed by atoms with Crippen molar-refractivity contribution in [1.82, 2.24) is 5.32 Å². The van der Waals surface area contributed by atoms with Gasteiger partial charge < -0.3 is 28.9 Å². The molecule has 3 rings (SSSR count). The van der Waals surface area contributed by atoms with E-state index in [0.717, 1.165) is 5.56 Å². The number of amides is 1. The minimum atomic E-state index is -5.12. The summed E-state index contributed by atoms with van der Waals surface area (Å²) < 4.78 is 20.7. The number of phosphoric ester groups is 1. The molecule has 30 heavy (non-hydrogen) atoms. The second kappa shape index (κ2) is 10.3. The lowest BCUT2D eigenvalue weighted by molar-refractivity contribution is -0.333. The molecule has 1 N–H and O–H groups in total. The normalized spacial score (nSPS) is 14.9. The number of carbonyl (C=O) groups is 1. The smallest absolute Gasteiger partial charge is 0.251 e. The van der Waals surface area contributed by atoms with E-state index in [0.29, 0.717) is 28.9 Å². The first-order valence-corrected chi connectivity index (χ1v) is 11.7. The maximum atomic E-state index is 12.3. The summed E-state index contributed by atoms with van der Waals surface area (Å²) in [6.45, 7) is 0.930. The maximum absolute atomic E-state index is 12.3. The topological polar surface area (TPSA) is 111 Å². The molecule has 0 unspecified atom stereocenters. The molecule has 1 fully saturated rings. The van der Waals surface area contributed by atoms with Crippen LogP contribution in [-0.2, 0) is 11.1 Å². The maximum Gasteiger partial charge on any atom is 0.251 e. The number of carbonyl (C=O) groups excluding carboxylic acids is 1. The molecule has 0 aromatic heterocycles. The predicted octanol–water partition coefficient (Wildman–Crippen LogP) is 3.44. The Morgan fingerprint density at radius 1 is 1.10 bits per heavy atom. The van der Waals surface area contributed by atoms with Crippen LogP contribution in [0.3, 0.4) is 0 Å². The molecule has 7 nitrogen and oxygen atoms in total. The van der Waals surface area contributed by atoms with Crippen molar-refractivity contribution >= 4 is 25.3 Å². The van der Waals surface area contributed by atoms with Crippen LogP contribution in [-0.4, -0.2) is 12.5 Å². The number of benzene rings is 2. The van der Waals surface area contributed by atoms with Gasteiger partial charge in [0.15, 0.2) is 0 Å². The monoisotopic (exact) mass is 451 g/mol. The molecule has 0 saturated heterocycles. The minimum absolute atomic E-state index is 0.143. The van der Waals surface area contributed by atoms with Crippen molar-refractivity contribution in [3.05, 3.63) is 58.6 Å². The third-order valence-corrected chi connectivity index (χ3v) is 5.71. The van der Waals surface area contributed by atoms with E-state index < -0.39 is 7.82 Å². The highest BCUT2D eigenvalue weighted by Gasteiger charge is 2.15. The third kappa shape index (κ3) is 7.03. The highest BCUT2D eigenvalue weighted by Crippen LogP contribution is 2.30. The molecule has 2 aromatic rings. The Kier molecular flexibility index (Phi) is 7.78. The van der Waals surface area contributed by atoms with Crippen LogP contribution in [0.1, 0.15) is 48.0 Å². The van der Waals surface area contributed by atoms with Gasteiger partial charge >= 0.3 is 0 Å². The van der Waals surface area contributed by atoms with Gasteiger partial charge in [-0.15, -0.1) is 0 Å². The summed E-state index contributed by atoms with van der Waals surface area (Å²) >= 11 is 6.32. The first kappa shape index (κ1) is 22.6. The number of phosphoric acid groups is 1. The minimum Gasteiger partial charge on any atom is -0.780 e. The number of rotatable bonds is 8. The van der Waals surface area contributed by atoms with Gasteiger partial charge in [0.2, 0.25) is 0 Å². The summed E-state index contributed by atoms with van der Waals surface area (Å²) in [7, 11) is -5.12. The summed E-state index contributed by atoms with van der Waals surface area (Å²) in [6.07, 6.45) is 6.21. The molecule has 0 spiro atoms. The summed E-state index contributed by atoms with van der Waals surface area (Å²) in [5.74, 6) is 0.722. The number of hydrogen-bond donors (Lipinski definition) is 1. The Morgan fingerprint density at radius 3 is 2.43 bits per heavy atom. The van der Waals surface area contributed by atoms with Crippen molar-refractivity contribution < 1.29 is 28.4 Å². The molecule has 9 heteroatoms. The van der Waals surface area contributed by atoms with E-state index in [9.17, 15) is 19.1 Å². The van der Waals surface area contributed by atoms with Gasteiger partial charge in [-0.25, -0.2) is 0 Å². The quantitative estimate of drug-likeness (QED) is 0.615. The average Bonchev–Trinajstić information content (AvgIpc) is 2.71. The molecule has 0 aliphatic heterocycles. The Labute approximate surface area is 180 Å². The largest absolute Gasteiger partial charge is 0.780 e. The summed E-state index contributed by atoms with van der Waals surface area (Å²) in [5.41, 5.74) is 1.12. The van der Waals surface area contributed by atoms with Gasteiger partial charge in [-0.05, 0) is 60.7 Å². The van der Waals surface area contributed by atoms with E-state index in [-0.39, 0.29) is 18.2 Å². The molecule has 162 valence electrons. The Balaban J connectivity index is 1.50. The van der Waals surface area contributed by atoms with E-state index in [1.807, 2.05) is 12.1 Å². The van der Waals surface area contributed by atoms with E-state index in [2.05, 4.69) is 9.84 Å². The van der Waals surface area contributed by atoms with Crippen LogP contribution in [0.5, 0.6) is 11.5 Å². The molecule has 0 atom stereocenters. The number of ether oxygens (including phenoxy) is 1. The summed E-state index contributed by atoms with van der Waals surface area (Å²) in [6, 6.07) is 10.6. The Hall–Kier alpha value is -2.05. The molecular weight excluding hydrogens is 429 g/mol. The molecule has 1 aliphatic rings. The van der Waals surface area contributed by atoms with Crippen LogP contribution in [0.4, 0.5) is 0 Å². The zero-order valence-corrected chi connectivity index (χ0v) is 18.0. The second-order valence-corrected chi connectivity index (χ2v) is 8.81. The fourth-order valence-corrected chi connectivity index (χ4v) is 4.05. The van der Waals surface area contributed by atoms with Crippen LogP contribution >= 0.6 is 19.4 Å². The van der Waals surface area contributed by atoms with Crippen LogP contribution in [0.25, 0.3) is 0 Å². The zero-order chi connectivity index (χ0) is 21.6. The fourth-order valence-electron chi connectivity index (χ4n) is 3.41. The molecular formula is C21H23ClNO6P-2. The van der Waals surface area contributed by atoms with E-state index in [1.165, 1.54) is 56.4 Å². The molecule has 0 radical (unpaired) electrons. The molecule has 0 bridgehead atoms. The molecule has 1 amide bonds. The lowest BCUT2D eigenvalue weighted by Crippen LogP contribution is -2.23. The molecule has 1 saturated carbocycles. The van der Waals surface area contributed by atoms with Crippen molar-refractivity contribution in [3.8, 4) is 11.5 Å². The Morgan fingerprint density at radius 2 is 1.80 bits per heavy atom. The lowest BCUT2D eigenvalue weighted by Gasteiger charge is -2.28. The first-order chi connectivity index (χ1) is 14.3. The molecule has 1 aliphatic carbocycles. The van der Waals surface area contributed by atoms with Crippen LogP contribution in [0, 0.1) is 5.92 Å². The van der Waals surface area contributed by atoms with Crippen molar-refractivity contribution in [2.75, 3.05) is 6.61 Å². The van der Waals surface area contributed by atoms with Crippen LogP contribution < -0.4 is 24.4 Å². The summed E-state index contributed by atoms with van der Waals surface area (Å²) in [5, 5.41) is 3.25. The lowest BCUT2D eigenvalue weighted by atomic mass is 9.90. The summed E-state index contributed by atoms with van der Waals surface area (Å²) in [4.78, 5) is 33.5. The second-order valence-electron chi connectivity index (χ2n) is 7.33. The van der Waals surface area contributed by atoms with Crippen LogP contribution in [0.2, 0.25) is 5.02 Å². The van der Waals surface area contributed by atoms with Crippen LogP contribution in [0.15, 0.2) is 42.5 Å². The average molecular weight is 452 g/mol.